The molecule has 0 bridgehead atoms. The Balaban J connectivity index is 2.05. The molecule has 1 aromatic carbocycles. The van der Waals surface area contributed by atoms with E-state index in [9.17, 15) is 14.4 Å². The van der Waals surface area contributed by atoms with Gasteiger partial charge in [-0.3, -0.25) is 14.4 Å². The number of benzene rings is 1. The second-order valence-electron chi connectivity index (χ2n) is 4.91. The van der Waals surface area contributed by atoms with Crippen LogP contribution in [0.4, 0.5) is 0 Å². The second-order valence-corrected chi connectivity index (χ2v) is 4.91. The lowest BCUT2D eigenvalue weighted by Gasteiger charge is -2.22. The van der Waals surface area contributed by atoms with E-state index in [2.05, 4.69) is 0 Å². The van der Waals surface area contributed by atoms with Gasteiger partial charge in [-0.05, 0) is 18.4 Å². The SMILES string of the molecule is CC(=O)C1C(=O)CC(/C=C\c2ccccc2)CC1=O. The first-order chi connectivity index (χ1) is 9.08. The Morgan fingerprint density at radius 3 is 2.21 bits per heavy atom. The van der Waals surface area contributed by atoms with Crippen LogP contribution in [0, 0.1) is 11.8 Å². The van der Waals surface area contributed by atoms with Crippen LogP contribution < -0.4 is 0 Å². The van der Waals surface area contributed by atoms with Crippen molar-refractivity contribution in [3.05, 3.63) is 42.0 Å². The molecule has 0 atom stereocenters. The summed E-state index contributed by atoms with van der Waals surface area (Å²) in [6.07, 6.45) is 4.36. The van der Waals surface area contributed by atoms with Gasteiger partial charge >= 0.3 is 0 Å². The minimum Gasteiger partial charge on any atom is -0.299 e. The van der Waals surface area contributed by atoms with Crippen LogP contribution in [0.25, 0.3) is 6.08 Å². The number of allylic oxidation sites excluding steroid dienone is 1. The standard InChI is InChI=1S/C16H16O3/c1-11(17)16-14(18)9-13(10-15(16)19)8-7-12-5-3-2-4-6-12/h2-8,13,16H,9-10H2,1H3/b8-7-. The first-order valence-electron chi connectivity index (χ1n) is 6.37. The molecule has 0 aromatic heterocycles. The fraction of sp³-hybridized carbons (Fsp3) is 0.312. The number of carbonyl (C=O) groups excluding carboxylic acids is 3. The van der Waals surface area contributed by atoms with Crippen molar-refractivity contribution >= 4 is 23.4 Å². The first kappa shape index (κ1) is 13.4. The number of ketones is 3. The van der Waals surface area contributed by atoms with Crippen LogP contribution in [0.3, 0.4) is 0 Å². The Kier molecular flexibility index (Phi) is 4.05. The lowest BCUT2D eigenvalue weighted by Crippen LogP contribution is -2.37. The highest BCUT2D eigenvalue weighted by Crippen LogP contribution is 2.25. The summed E-state index contributed by atoms with van der Waals surface area (Å²) in [5.41, 5.74) is 1.04. The van der Waals surface area contributed by atoms with E-state index in [1.54, 1.807) is 0 Å². The molecule has 1 aliphatic rings. The smallest absolute Gasteiger partial charge is 0.151 e. The third kappa shape index (κ3) is 3.25. The summed E-state index contributed by atoms with van der Waals surface area (Å²) in [6, 6.07) is 9.72. The summed E-state index contributed by atoms with van der Waals surface area (Å²) in [5, 5.41) is 0. The summed E-state index contributed by atoms with van der Waals surface area (Å²) in [7, 11) is 0. The normalized spacial score (nSPS) is 23.8. The molecule has 0 spiro atoms. The molecule has 2 rings (SSSR count). The molecule has 0 heterocycles. The molecular formula is C16H16O3. The molecule has 98 valence electrons. The van der Waals surface area contributed by atoms with E-state index < -0.39 is 5.92 Å². The van der Waals surface area contributed by atoms with Gasteiger partial charge in [-0.25, -0.2) is 0 Å². The molecule has 3 heteroatoms. The van der Waals surface area contributed by atoms with Gasteiger partial charge in [0.2, 0.25) is 0 Å². The quantitative estimate of drug-likeness (QED) is 0.780. The number of rotatable bonds is 3. The maximum atomic E-state index is 11.8. The fourth-order valence-corrected chi connectivity index (χ4v) is 2.41. The topological polar surface area (TPSA) is 51.2 Å². The molecule has 0 unspecified atom stereocenters. The predicted molar refractivity (Wildman–Crippen MR) is 72.4 cm³/mol. The van der Waals surface area contributed by atoms with E-state index in [0.717, 1.165) is 5.56 Å². The van der Waals surface area contributed by atoms with Crippen molar-refractivity contribution in [2.45, 2.75) is 19.8 Å². The van der Waals surface area contributed by atoms with Crippen molar-refractivity contribution in [1.82, 2.24) is 0 Å². The van der Waals surface area contributed by atoms with Crippen molar-refractivity contribution < 1.29 is 14.4 Å². The van der Waals surface area contributed by atoms with Gasteiger partial charge in [-0.15, -0.1) is 0 Å². The van der Waals surface area contributed by atoms with Gasteiger partial charge in [0, 0.05) is 12.8 Å². The molecule has 1 fully saturated rings. The van der Waals surface area contributed by atoms with Gasteiger partial charge in [0.05, 0.1) is 0 Å². The highest BCUT2D eigenvalue weighted by Gasteiger charge is 2.37. The Labute approximate surface area is 112 Å². The first-order valence-corrected chi connectivity index (χ1v) is 6.37. The van der Waals surface area contributed by atoms with Crippen LogP contribution in [0.1, 0.15) is 25.3 Å². The molecule has 1 aliphatic carbocycles. The van der Waals surface area contributed by atoms with Crippen LogP contribution in [0.5, 0.6) is 0 Å². The molecule has 0 aliphatic heterocycles. The maximum Gasteiger partial charge on any atom is 0.151 e. The third-order valence-electron chi connectivity index (χ3n) is 3.34. The number of Topliss-reactive ketones (excluding diaryl/α,β-unsaturated/α-hetero) is 3. The zero-order chi connectivity index (χ0) is 13.8. The molecular weight excluding hydrogens is 240 g/mol. The van der Waals surface area contributed by atoms with Crippen LogP contribution in [-0.2, 0) is 14.4 Å². The van der Waals surface area contributed by atoms with Crippen molar-refractivity contribution in [1.29, 1.82) is 0 Å². The molecule has 0 radical (unpaired) electrons. The Morgan fingerprint density at radius 1 is 1.11 bits per heavy atom. The lowest BCUT2D eigenvalue weighted by atomic mass is 9.78. The summed E-state index contributed by atoms with van der Waals surface area (Å²) in [5.74, 6) is -1.92. The summed E-state index contributed by atoms with van der Waals surface area (Å²) >= 11 is 0. The van der Waals surface area contributed by atoms with Gasteiger partial charge in [0.15, 0.2) is 11.6 Å². The molecule has 1 saturated carbocycles. The van der Waals surface area contributed by atoms with E-state index in [4.69, 9.17) is 0 Å². The molecule has 19 heavy (non-hydrogen) atoms. The Morgan fingerprint density at radius 2 is 1.68 bits per heavy atom. The van der Waals surface area contributed by atoms with Crippen molar-refractivity contribution in [3.8, 4) is 0 Å². The monoisotopic (exact) mass is 256 g/mol. The molecule has 1 aromatic rings. The predicted octanol–water partition coefficient (Wildman–Crippen LogP) is 2.45. The maximum absolute atomic E-state index is 11.8. The summed E-state index contributed by atoms with van der Waals surface area (Å²) in [6.45, 7) is 1.31. The van der Waals surface area contributed by atoms with Gasteiger partial charge < -0.3 is 0 Å². The van der Waals surface area contributed by atoms with Crippen molar-refractivity contribution in [2.75, 3.05) is 0 Å². The molecule has 3 nitrogen and oxygen atoms in total. The van der Waals surface area contributed by atoms with Gasteiger partial charge in [-0.2, -0.15) is 0 Å². The second kappa shape index (κ2) is 5.74. The largest absolute Gasteiger partial charge is 0.299 e. The number of carbonyl (C=O) groups is 3. The van der Waals surface area contributed by atoms with Gasteiger partial charge in [0.25, 0.3) is 0 Å². The fourth-order valence-electron chi connectivity index (χ4n) is 2.41. The molecule has 0 saturated heterocycles. The van der Waals surface area contributed by atoms with Crippen LogP contribution >= 0.6 is 0 Å². The Bertz CT molecular complexity index is 510. The van der Waals surface area contributed by atoms with Crippen LogP contribution in [0.15, 0.2) is 36.4 Å². The minimum absolute atomic E-state index is 0.0872. The zero-order valence-electron chi connectivity index (χ0n) is 10.8. The summed E-state index contributed by atoms with van der Waals surface area (Å²) < 4.78 is 0. The van der Waals surface area contributed by atoms with Crippen LogP contribution in [-0.4, -0.2) is 17.3 Å². The van der Waals surface area contributed by atoms with Crippen molar-refractivity contribution in [3.63, 3.8) is 0 Å². The van der Waals surface area contributed by atoms with Crippen LogP contribution in [0.2, 0.25) is 0 Å². The molecule has 0 N–H and O–H groups in total. The average molecular weight is 256 g/mol. The summed E-state index contributed by atoms with van der Waals surface area (Å²) in [4.78, 5) is 34.8. The van der Waals surface area contributed by atoms with Gasteiger partial charge in [-0.1, -0.05) is 42.5 Å². The Hall–Kier alpha value is -2.03. The highest BCUT2D eigenvalue weighted by atomic mass is 16.2. The zero-order valence-corrected chi connectivity index (χ0v) is 10.8. The van der Waals surface area contributed by atoms with E-state index in [1.165, 1.54) is 6.92 Å². The number of hydrogen-bond acceptors (Lipinski definition) is 3. The van der Waals surface area contributed by atoms with Gasteiger partial charge in [0.1, 0.15) is 11.7 Å². The van der Waals surface area contributed by atoms with E-state index in [1.807, 2.05) is 42.5 Å². The third-order valence-corrected chi connectivity index (χ3v) is 3.34. The molecule has 0 amide bonds. The minimum atomic E-state index is -1.01. The number of hydrogen-bond donors (Lipinski definition) is 0. The van der Waals surface area contributed by atoms with Crippen molar-refractivity contribution in [2.24, 2.45) is 11.8 Å². The van der Waals surface area contributed by atoms with E-state index in [0.29, 0.717) is 0 Å². The van der Waals surface area contributed by atoms with E-state index >= 15 is 0 Å². The van der Waals surface area contributed by atoms with E-state index in [-0.39, 0.29) is 36.1 Å². The lowest BCUT2D eigenvalue weighted by molar-refractivity contribution is -0.142. The average Bonchev–Trinajstić information content (AvgIpc) is 2.36. The highest BCUT2D eigenvalue weighted by molar-refractivity contribution is 6.20.